The van der Waals surface area contributed by atoms with E-state index in [9.17, 15) is 4.79 Å². The minimum absolute atomic E-state index is 0.0238. The summed E-state index contributed by atoms with van der Waals surface area (Å²) in [5.41, 5.74) is 12.3. The van der Waals surface area contributed by atoms with Gasteiger partial charge >= 0.3 is 0 Å². The number of nitrogen functional groups attached to an aromatic ring is 1. The first-order valence-corrected chi connectivity index (χ1v) is 6.89. The van der Waals surface area contributed by atoms with Crippen molar-refractivity contribution in [2.24, 2.45) is 11.7 Å². The molecule has 0 saturated heterocycles. The van der Waals surface area contributed by atoms with Gasteiger partial charge in [-0.1, -0.05) is 0 Å². The smallest absolute Gasteiger partial charge is 0.226 e. The fourth-order valence-electron chi connectivity index (χ4n) is 2.82. The summed E-state index contributed by atoms with van der Waals surface area (Å²) in [5, 5.41) is 0.113. The first-order chi connectivity index (χ1) is 9.56. The number of aromatic nitrogens is 4. The Balaban J connectivity index is 1.90. The topological polar surface area (TPSA) is 113 Å². The number of fused-ring (bicyclic) bond motifs is 1. The lowest BCUT2D eigenvalue weighted by Crippen LogP contribution is -2.28. The van der Waals surface area contributed by atoms with Crippen molar-refractivity contribution >= 4 is 34.5 Å². The lowest BCUT2D eigenvalue weighted by Gasteiger charge is -2.27. The molecule has 8 heteroatoms. The minimum atomic E-state index is -0.214. The van der Waals surface area contributed by atoms with Crippen molar-refractivity contribution < 1.29 is 4.79 Å². The van der Waals surface area contributed by atoms with E-state index in [1.54, 1.807) is 6.33 Å². The van der Waals surface area contributed by atoms with Crippen LogP contribution in [-0.2, 0) is 4.79 Å². The molecule has 1 aliphatic carbocycles. The highest BCUT2D eigenvalue weighted by atomic mass is 35.5. The lowest BCUT2D eigenvalue weighted by molar-refractivity contribution is -0.122. The molecular weight excluding hydrogens is 280 g/mol. The van der Waals surface area contributed by atoms with Crippen molar-refractivity contribution in [3.8, 4) is 0 Å². The van der Waals surface area contributed by atoms with Crippen molar-refractivity contribution in [1.29, 1.82) is 0 Å². The van der Waals surface area contributed by atoms with Gasteiger partial charge in [0, 0.05) is 12.0 Å². The van der Waals surface area contributed by atoms with E-state index in [4.69, 9.17) is 23.1 Å². The molecular formula is C12H15ClN6O. The minimum Gasteiger partial charge on any atom is -0.382 e. The number of rotatable bonds is 2. The molecule has 1 amide bonds. The molecule has 20 heavy (non-hydrogen) atoms. The number of carbonyl (C=O) groups excluding carboxylic acids is 1. The fourth-order valence-corrected chi connectivity index (χ4v) is 2.99. The molecule has 2 aromatic heterocycles. The van der Waals surface area contributed by atoms with Crippen LogP contribution in [0.5, 0.6) is 0 Å². The first kappa shape index (κ1) is 13.1. The maximum atomic E-state index is 11.2. The van der Waals surface area contributed by atoms with E-state index in [0.29, 0.717) is 11.2 Å². The molecule has 2 heterocycles. The van der Waals surface area contributed by atoms with Crippen LogP contribution in [0.15, 0.2) is 6.33 Å². The number of nitrogens with two attached hydrogens (primary N) is 2. The van der Waals surface area contributed by atoms with E-state index >= 15 is 0 Å². The number of carbonyl (C=O) groups is 1. The van der Waals surface area contributed by atoms with E-state index in [1.807, 2.05) is 4.57 Å². The number of hydrogen-bond acceptors (Lipinski definition) is 5. The Bertz CT molecular complexity index is 661. The number of primary amides is 1. The summed E-state index contributed by atoms with van der Waals surface area (Å²) in [6.45, 7) is 0. The summed E-state index contributed by atoms with van der Waals surface area (Å²) in [4.78, 5) is 23.5. The number of amides is 1. The molecule has 4 N–H and O–H groups in total. The monoisotopic (exact) mass is 294 g/mol. The van der Waals surface area contributed by atoms with Crippen LogP contribution >= 0.6 is 11.6 Å². The molecule has 0 aromatic carbocycles. The van der Waals surface area contributed by atoms with Gasteiger partial charge in [0.25, 0.3) is 0 Å². The van der Waals surface area contributed by atoms with Gasteiger partial charge in [0.15, 0.2) is 11.5 Å². The zero-order valence-electron chi connectivity index (χ0n) is 10.8. The van der Waals surface area contributed by atoms with Crippen molar-refractivity contribution in [3.05, 3.63) is 11.6 Å². The van der Waals surface area contributed by atoms with Gasteiger partial charge in [-0.2, -0.15) is 9.97 Å². The second-order valence-electron chi connectivity index (χ2n) is 5.11. The Morgan fingerprint density at radius 2 is 2.00 bits per heavy atom. The SMILES string of the molecule is Nc1nc(Cl)nc2c1ncn2[C@H]1CC[C@@H](C(N)=O)CC1. The van der Waals surface area contributed by atoms with E-state index in [1.165, 1.54) is 0 Å². The molecule has 106 valence electrons. The number of halogens is 1. The average molecular weight is 295 g/mol. The predicted octanol–water partition coefficient (Wildman–Crippen LogP) is 1.28. The molecule has 1 aliphatic rings. The molecule has 0 aliphatic heterocycles. The lowest BCUT2D eigenvalue weighted by atomic mass is 9.85. The summed E-state index contributed by atoms with van der Waals surface area (Å²) < 4.78 is 1.97. The second kappa shape index (κ2) is 4.90. The highest BCUT2D eigenvalue weighted by Gasteiger charge is 2.27. The molecule has 0 bridgehead atoms. The maximum absolute atomic E-state index is 11.2. The van der Waals surface area contributed by atoms with Crippen molar-refractivity contribution in [1.82, 2.24) is 19.5 Å². The Hall–Kier alpha value is -1.89. The van der Waals surface area contributed by atoms with Crippen LogP contribution in [0.3, 0.4) is 0 Å². The average Bonchev–Trinajstić information content (AvgIpc) is 2.82. The maximum Gasteiger partial charge on any atom is 0.226 e. The molecule has 0 atom stereocenters. The molecule has 1 saturated carbocycles. The highest BCUT2D eigenvalue weighted by Crippen LogP contribution is 2.34. The Morgan fingerprint density at radius 1 is 1.30 bits per heavy atom. The van der Waals surface area contributed by atoms with Gasteiger partial charge < -0.3 is 16.0 Å². The summed E-state index contributed by atoms with van der Waals surface area (Å²) in [6, 6.07) is 0.237. The Labute approximate surface area is 120 Å². The van der Waals surface area contributed by atoms with Crippen LogP contribution in [0.1, 0.15) is 31.7 Å². The van der Waals surface area contributed by atoms with Crippen molar-refractivity contribution in [3.63, 3.8) is 0 Å². The summed E-state index contributed by atoms with van der Waals surface area (Å²) >= 11 is 5.85. The van der Waals surface area contributed by atoms with E-state index in [2.05, 4.69) is 15.0 Å². The van der Waals surface area contributed by atoms with Crippen molar-refractivity contribution in [2.45, 2.75) is 31.7 Å². The zero-order valence-corrected chi connectivity index (χ0v) is 11.5. The van der Waals surface area contributed by atoms with Crippen LogP contribution in [0, 0.1) is 5.92 Å². The molecule has 0 radical (unpaired) electrons. The van der Waals surface area contributed by atoms with Crippen LogP contribution < -0.4 is 11.5 Å². The quantitative estimate of drug-likeness (QED) is 0.810. The molecule has 0 spiro atoms. The first-order valence-electron chi connectivity index (χ1n) is 6.51. The van der Waals surface area contributed by atoms with Gasteiger partial charge in [0.2, 0.25) is 11.2 Å². The largest absolute Gasteiger partial charge is 0.382 e. The van der Waals surface area contributed by atoms with Gasteiger partial charge in [-0.05, 0) is 37.3 Å². The van der Waals surface area contributed by atoms with E-state index in [-0.39, 0.29) is 29.0 Å². The third-order valence-corrected chi connectivity index (χ3v) is 4.08. The van der Waals surface area contributed by atoms with Crippen LogP contribution in [0.2, 0.25) is 5.28 Å². The number of imidazole rings is 1. The van der Waals surface area contributed by atoms with Gasteiger partial charge in [-0.25, -0.2) is 4.98 Å². The van der Waals surface area contributed by atoms with E-state index in [0.717, 1.165) is 25.7 Å². The summed E-state index contributed by atoms with van der Waals surface area (Å²) in [7, 11) is 0. The summed E-state index contributed by atoms with van der Waals surface area (Å²) in [6.07, 6.45) is 5.00. The molecule has 0 unspecified atom stereocenters. The fraction of sp³-hybridized carbons (Fsp3) is 0.500. The molecule has 1 fully saturated rings. The molecule has 3 rings (SSSR count). The predicted molar refractivity (Wildman–Crippen MR) is 74.9 cm³/mol. The highest BCUT2D eigenvalue weighted by molar-refractivity contribution is 6.28. The van der Waals surface area contributed by atoms with Crippen LogP contribution in [-0.4, -0.2) is 25.4 Å². The Morgan fingerprint density at radius 3 is 2.65 bits per heavy atom. The third-order valence-electron chi connectivity index (χ3n) is 3.91. The van der Waals surface area contributed by atoms with Crippen LogP contribution in [0.25, 0.3) is 11.2 Å². The number of anilines is 1. The molecule has 7 nitrogen and oxygen atoms in total. The van der Waals surface area contributed by atoms with Gasteiger partial charge in [-0.3, -0.25) is 4.79 Å². The van der Waals surface area contributed by atoms with Crippen LogP contribution in [0.4, 0.5) is 5.82 Å². The molecule has 2 aromatic rings. The summed E-state index contributed by atoms with van der Waals surface area (Å²) in [5.74, 6) is 0.0439. The number of hydrogen-bond donors (Lipinski definition) is 2. The van der Waals surface area contributed by atoms with E-state index < -0.39 is 0 Å². The van der Waals surface area contributed by atoms with Crippen molar-refractivity contribution in [2.75, 3.05) is 5.73 Å². The second-order valence-corrected chi connectivity index (χ2v) is 5.45. The normalized spacial score (nSPS) is 23.1. The van der Waals surface area contributed by atoms with Gasteiger partial charge in [-0.15, -0.1) is 0 Å². The zero-order chi connectivity index (χ0) is 14.3. The third kappa shape index (κ3) is 2.18. The Kier molecular flexibility index (Phi) is 3.21. The van der Waals surface area contributed by atoms with Gasteiger partial charge in [0.1, 0.15) is 5.52 Å². The van der Waals surface area contributed by atoms with Gasteiger partial charge in [0.05, 0.1) is 6.33 Å². The standard InChI is InChI=1S/C12H15ClN6O/c13-12-17-9(14)8-11(18-12)19(5-16-8)7-3-1-6(2-4-7)10(15)20/h5-7H,1-4H2,(H2,15,20)(H2,14,17,18)/t6-,7+. The number of nitrogens with zero attached hydrogens (tertiary/aromatic N) is 4.